The van der Waals surface area contributed by atoms with Crippen LogP contribution in [0.1, 0.15) is 57.1 Å². The molecule has 0 aromatic heterocycles. The zero-order valence-corrected chi connectivity index (χ0v) is 13.3. The van der Waals surface area contributed by atoms with Crippen molar-refractivity contribution in [2.45, 2.75) is 57.1 Å². The molecule has 2 fully saturated rings. The molecule has 1 saturated heterocycles. The zero-order chi connectivity index (χ0) is 15.6. The van der Waals surface area contributed by atoms with Gasteiger partial charge in [0.15, 0.2) is 0 Å². The molecule has 1 aromatic carbocycles. The van der Waals surface area contributed by atoms with Crippen LogP contribution in [0.5, 0.6) is 0 Å². The minimum absolute atomic E-state index is 0.202. The molecule has 3 rings (SSSR count). The third-order valence-corrected chi connectivity index (χ3v) is 5.05. The molecule has 1 saturated carbocycles. The average Bonchev–Trinajstić information content (AvgIpc) is 3.14. The number of carbonyl (C=O) groups excluding carboxylic acids is 1. The van der Waals surface area contributed by atoms with E-state index in [1.54, 1.807) is 0 Å². The lowest BCUT2D eigenvalue weighted by atomic mass is 10.0. The number of nitrogens with zero attached hydrogens (tertiary/aromatic N) is 1. The number of benzene rings is 1. The van der Waals surface area contributed by atoms with Crippen LogP contribution >= 0.6 is 0 Å². The van der Waals surface area contributed by atoms with Crippen molar-refractivity contribution in [3.05, 3.63) is 29.8 Å². The fourth-order valence-electron chi connectivity index (χ4n) is 3.53. The van der Waals surface area contributed by atoms with E-state index in [1.807, 2.05) is 17.0 Å². The van der Waals surface area contributed by atoms with Gasteiger partial charge in [0.2, 0.25) is 5.91 Å². The first-order valence-corrected chi connectivity index (χ1v) is 8.44. The van der Waals surface area contributed by atoms with Crippen molar-refractivity contribution in [3.8, 4) is 0 Å². The van der Waals surface area contributed by atoms with Crippen molar-refractivity contribution in [3.63, 3.8) is 0 Å². The predicted molar refractivity (Wildman–Crippen MR) is 87.9 cm³/mol. The van der Waals surface area contributed by atoms with Gasteiger partial charge in [0.1, 0.15) is 0 Å². The summed E-state index contributed by atoms with van der Waals surface area (Å²) >= 11 is 0. The molecular weight excluding hydrogens is 276 g/mol. The normalized spacial score (nSPS) is 22.3. The monoisotopic (exact) mass is 302 g/mol. The molecule has 1 aliphatic heterocycles. The van der Waals surface area contributed by atoms with E-state index in [0.717, 1.165) is 44.3 Å². The van der Waals surface area contributed by atoms with Crippen LogP contribution in [0.25, 0.3) is 0 Å². The number of amides is 1. The molecule has 22 heavy (non-hydrogen) atoms. The Morgan fingerprint density at radius 2 is 1.91 bits per heavy atom. The maximum Gasteiger partial charge on any atom is 0.227 e. The number of hydrogen-bond donors (Lipinski definition) is 2. The van der Waals surface area contributed by atoms with Gasteiger partial charge in [-0.15, -0.1) is 0 Å². The summed E-state index contributed by atoms with van der Waals surface area (Å²) in [6, 6.07) is 8.42. The smallest absolute Gasteiger partial charge is 0.227 e. The van der Waals surface area contributed by atoms with Gasteiger partial charge in [0.25, 0.3) is 0 Å². The first-order chi connectivity index (χ1) is 10.6. The summed E-state index contributed by atoms with van der Waals surface area (Å²) in [5.41, 5.74) is 1.67. The molecule has 0 radical (unpaired) electrons. The van der Waals surface area contributed by atoms with Crippen molar-refractivity contribution in [2.24, 2.45) is 0 Å². The zero-order valence-electron chi connectivity index (χ0n) is 13.3. The average molecular weight is 302 g/mol. The van der Waals surface area contributed by atoms with E-state index < -0.39 is 5.60 Å². The summed E-state index contributed by atoms with van der Waals surface area (Å²) < 4.78 is 0. The molecule has 1 aromatic rings. The molecule has 2 N–H and O–H groups in total. The maximum atomic E-state index is 11.8. The van der Waals surface area contributed by atoms with Crippen molar-refractivity contribution >= 4 is 11.6 Å². The lowest BCUT2D eigenvalue weighted by Gasteiger charge is -2.25. The Morgan fingerprint density at radius 1 is 1.23 bits per heavy atom. The summed E-state index contributed by atoms with van der Waals surface area (Å²) in [7, 11) is 0. The highest BCUT2D eigenvalue weighted by Gasteiger charge is 2.31. The molecule has 1 atom stereocenters. The lowest BCUT2D eigenvalue weighted by molar-refractivity contribution is -0.117. The van der Waals surface area contributed by atoms with E-state index in [9.17, 15) is 9.90 Å². The van der Waals surface area contributed by atoms with Crippen molar-refractivity contribution in [1.82, 2.24) is 5.32 Å². The Bertz CT molecular complexity index is 520. The molecule has 2 aliphatic rings. The minimum atomic E-state index is -0.518. The summed E-state index contributed by atoms with van der Waals surface area (Å²) in [6.07, 6.45) is 5.69. The summed E-state index contributed by atoms with van der Waals surface area (Å²) in [4.78, 5) is 13.6. The molecule has 0 spiro atoms. The number of nitrogens with one attached hydrogen (secondary N) is 1. The minimum Gasteiger partial charge on any atom is -0.389 e. The van der Waals surface area contributed by atoms with E-state index in [2.05, 4.69) is 24.4 Å². The Hall–Kier alpha value is -1.39. The Balaban J connectivity index is 1.58. The van der Waals surface area contributed by atoms with Crippen LogP contribution < -0.4 is 10.2 Å². The standard InChI is InChI=1S/C18H26N2O2/c1-14(19-13-18(22)10-2-3-11-18)15-6-8-16(9-7-15)20-12-4-5-17(20)21/h6-9,14,19,22H,2-5,10-13H2,1H3. The van der Waals surface area contributed by atoms with E-state index in [-0.39, 0.29) is 11.9 Å². The second kappa shape index (κ2) is 6.39. The highest BCUT2D eigenvalue weighted by molar-refractivity contribution is 5.95. The lowest BCUT2D eigenvalue weighted by Crippen LogP contribution is -2.39. The fraction of sp³-hybridized carbons (Fsp3) is 0.611. The molecular formula is C18H26N2O2. The van der Waals surface area contributed by atoms with Crippen LogP contribution in [0.4, 0.5) is 5.69 Å². The van der Waals surface area contributed by atoms with Gasteiger partial charge in [-0.05, 0) is 43.9 Å². The van der Waals surface area contributed by atoms with E-state index >= 15 is 0 Å². The van der Waals surface area contributed by atoms with Gasteiger partial charge in [-0.1, -0.05) is 25.0 Å². The van der Waals surface area contributed by atoms with Gasteiger partial charge in [0, 0.05) is 31.2 Å². The van der Waals surface area contributed by atoms with Crippen LogP contribution in [0.3, 0.4) is 0 Å². The first kappa shape index (κ1) is 15.5. The number of carbonyl (C=O) groups is 1. The highest BCUT2D eigenvalue weighted by Crippen LogP contribution is 2.29. The molecule has 0 bridgehead atoms. The number of anilines is 1. The van der Waals surface area contributed by atoms with Crippen molar-refractivity contribution < 1.29 is 9.90 Å². The molecule has 4 heteroatoms. The van der Waals surface area contributed by atoms with Gasteiger partial charge in [-0.25, -0.2) is 0 Å². The predicted octanol–water partition coefficient (Wildman–Crippen LogP) is 2.77. The summed E-state index contributed by atoms with van der Waals surface area (Å²) in [6.45, 7) is 3.61. The number of aliphatic hydroxyl groups is 1. The maximum absolute atomic E-state index is 11.8. The van der Waals surface area contributed by atoms with E-state index in [1.165, 1.54) is 5.56 Å². The fourth-order valence-corrected chi connectivity index (χ4v) is 3.53. The van der Waals surface area contributed by atoms with Crippen LogP contribution in [0, 0.1) is 0 Å². The quantitative estimate of drug-likeness (QED) is 0.879. The van der Waals surface area contributed by atoms with Crippen molar-refractivity contribution in [1.29, 1.82) is 0 Å². The molecule has 1 amide bonds. The molecule has 120 valence electrons. The van der Waals surface area contributed by atoms with Crippen molar-refractivity contribution in [2.75, 3.05) is 18.0 Å². The topological polar surface area (TPSA) is 52.6 Å². The van der Waals surface area contributed by atoms with Gasteiger partial charge < -0.3 is 15.3 Å². The van der Waals surface area contributed by atoms with Crippen LogP contribution in [-0.2, 0) is 4.79 Å². The first-order valence-electron chi connectivity index (χ1n) is 8.44. The number of hydrogen-bond acceptors (Lipinski definition) is 3. The van der Waals surface area contributed by atoms with Crippen LogP contribution in [0.2, 0.25) is 0 Å². The summed E-state index contributed by atoms with van der Waals surface area (Å²) in [5, 5.41) is 13.8. The second-order valence-corrected chi connectivity index (χ2v) is 6.77. The molecule has 1 unspecified atom stereocenters. The van der Waals surface area contributed by atoms with E-state index in [4.69, 9.17) is 0 Å². The van der Waals surface area contributed by atoms with Gasteiger partial charge in [0.05, 0.1) is 5.60 Å². The highest BCUT2D eigenvalue weighted by atomic mass is 16.3. The number of rotatable bonds is 5. The molecule has 4 nitrogen and oxygen atoms in total. The van der Waals surface area contributed by atoms with Crippen LogP contribution in [0.15, 0.2) is 24.3 Å². The van der Waals surface area contributed by atoms with Gasteiger partial charge >= 0.3 is 0 Å². The van der Waals surface area contributed by atoms with Gasteiger partial charge in [-0.2, -0.15) is 0 Å². The molecule has 1 heterocycles. The third-order valence-electron chi connectivity index (χ3n) is 5.05. The third kappa shape index (κ3) is 3.33. The Labute approximate surface area is 132 Å². The largest absolute Gasteiger partial charge is 0.389 e. The molecule has 1 aliphatic carbocycles. The van der Waals surface area contributed by atoms with Crippen LogP contribution in [-0.4, -0.2) is 29.7 Å². The summed E-state index contributed by atoms with van der Waals surface area (Å²) in [5.74, 6) is 0.224. The van der Waals surface area contributed by atoms with Gasteiger partial charge in [-0.3, -0.25) is 4.79 Å². The SMILES string of the molecule is CC(NCC1(O)CCCC1)c1ccc(N2CCCC2=O)cc1. The van der Waals surface area contributed by atoms with E-state index in [0.29, 0.717) is 13.0 Å². The Kier molecular flexibility index (Phi) is 4.50. The Morgan fingerprint density at radius 3 is 2.50 bits per heavy atom. The second-order valence-electron chi connectivity index (χ2n) is 6.77.